The van der Waals surface area contributed by atoms with Crippen LogP contribution in [0.25, 0.3) is 0 Å². The summed E-state index contributed by atoms with van der Waals surface area (Å²) >= 11 is 0. The lowest BCUT2D eigenvalue weighted by molar-refractivity contribution is -0.153. The number of unbranched alkanes of at least 4 members (excludes halogenated alkanes) is 3. The van der Waals surface area contributed by atoms with Crippen LogP contribution in [0.3, 0.4) is 0 Å². The highest BCUT2D eigenvalue weighted by Crippen LogP contribution is 2.36. The van der Waals surface area contributed by atoms with Crippen LogP contribution in [0, 0.1) is 11.8 Å². The van der Waals surface area contributed by atoms with Crippen LogP contribution in [0.1, 0.15) is 97.8 Å². The summed E-state index contributed by atoms with van der Waals surface area (Å²) in [6.45, 7) is 6.53. The Morgan fingerprint density at radius 3 is 2.67 bits per heavy atom. The predicted molar refractivity (Wildman–Crippen MR) is 109 cm³/mol. The van der Waals surface area contributed by atoms with Crippen molar-refractivity contribution in [2.75, 3.05) is 6.61 Å². The number of carbonyl (C=O) groups is 2. The van der Waals surface area contributed by atoms with Crippen LogP contribution in [0.15, 0.2) is 11.6 Å². The Kier molecular flexibility index (Phi) is 12.3. The van der Waals surface area contributed by atoms with Gasteiger partial charge in [0.15, 0.2) is 0 Å². The number of hydrogen-bond donors (Lipinski definition) is 1. The zero-order valence-corrected chi connectivity index (χ0v) is 17.7. The van der Waals surface area contributed by atoms with Crippen molar-refractivity contribution in [2.45, 2.75) is 104 Å². The second-order valence-electron chi connectivity index (χ2n) is 8.06. The lowest BCUT2D eigenvalue weighted by Gasteiger charge is -2.17. The maximum atomic E-state index is 11.6. The molecule has 1 fully saturated rings. The van der Waals surface area contributed by atoms with E-state index in [4.69, 9.17) is 4.74 Å². The minimum Gasteiger partial charge on any atom is -0.460 e. The van der Waals surface area contributed by atoms with E-state index in [1.165, 1.54) is 31.3 Å². The van der Waals surface area contributed by atoms with Gasteiger partial charge in [0.25, 0.3) is 0 Å². The molecule has 0 aromatic rings. The van der Waals surface area contributed by atoms with E-state index >= 15 is 0 Å². The quantitative estimate of drug-likeness (QED) is 0.190. The maximum Gasteiger partial charge on any atom is 0.374 e. The van der Waals surface area contributed by atoms with Gasteiger partial charge in [-0.25, -0.2) is 4.79 Å². The van der Waals surface area contributed by atoms with E-state index in [9.17, 15) is 14.7 Å². The summed E-state index contributed by atoms with van der Waals surface area (Å²) in [7, 11) is 0. The topological polar surface area (TPSA) is 63.6 Å². The van der Waals surface area contributed by atoms with E-state index < -0.39 is 11.8 Å². The first-order chi connectivity index (χ1) is 13.0. The normalized spacial score (nSPS) is 22.1. The number of rotatable bonds is 14. The first-order valence-electron chi connectivity index (χ1n) is 11.1. The second-order valence-corrected chi connectivity index (χ2v) is 8.06. The summed E-state index contributed by atoms with van der Waals surface area (Å²) in [5.74, 6) is -0.0575. The van der Waals surface area contributed by atoms with Gasteiger partial charge in [-0.05, 0) is 51.4 Å². The molecular formula is C23H40O4. The van der Waals surface area contributed by atoms with Crippen molar-refractivity contribution >= 4 is 11.8 Å². The Bertz CT molecular complexity index is 469. The molecule has 1 saturated carbocycles. The number of aliphatic hydroxyl groups excluding tert-OH is 1. The van der Waals surface area contributed by atoms with Crippen LogP contribution >= 0.6 is 0 Å². The van der Waals surface area contributed by atoms with Crippen LogP contribution in [0.4, 0.5) is 0 Å². The fourth-order valence-electron chi connectivity index (χ4n) is 3.97. The molecule has 4 nitrogen and oxygen atoms in total. The van der Waals surface area contributed by atoms with Crippen LogP contribution in [0.2, 0.25) is 0 Å². The molecule has 156 valence electrons. The van der Waals surface area contributed by atoms with E-state index in [2.05, 4.69) is 19.9 Å². The molecule has 3 atom stereocenters. The van der Waals surface area contributed by atoms with Gasteiger partial charge in [-0.2, -0.15) is 0 Å². The molecule has 27 heavy (non-hydrogen) atoms. The first-order valence-corrected chi connectivity index (χ1v) is 11.1. The molecule has 4 heteroatoms. The molecule has 1 aliphatic rings. The molecule has 0 aromatic carbocycles. The van der Waals surface area contributed by atoms with Gasteiger partial charge in [-0.3, -0.25) is 4.79 Å². The molecule has 1 N–H and O–H groups in total. The largest absolute Gasteiger partial charge is 0.460 e. The van der Waals surface area contributed by atoms with E-state index in [1.54, 1.807) is 6.92 Å². The molecule has 0 heterocycles. The van der Waals surface area contributed by atoms with E-state index in [1.807, 2.05) is 0 Å². The number of Topliss-reactive ketones (excluding diaryl/α,β-unsaturated/α-hetero) is 1. The fourth-order valence-corrected chi connectivity index (χ4v) is 3.97. The van der Waals surface area contributed by atoms with Crippen molar-refractivity contribution in [1.29, 1.82) is 0 Å². The van der Waals surface area contributed by atoms with E-state index in [-0.39, 0.29) is 25.0 Å². The Morgan fingerprint density at radius 1 is 1.19 bits per heavy atom. The number of aliphatic hydroxyl groups is 1. The van der Waals surface area contributed by atoms with Gasteiger partial charge >= 0.3 is 5.97 Å². The number of ketones is 1. The highest BCUT2D eigenvalue weighted by Gasteiger charge is 2.29. The molecule has 0 saturated heterocycles. The molecule has 0 radical (unpaired) electrons. The molecule has 0 aromatic heterocycles. The molecular weight excluding hydrogens is 340 g/mol. The number of esters is 1. The standard InChI is InChI=1S/C23H40O4/c1-4-6-11-18(3)12-10-13-19-16-17-21(24)20(19)14-8-7-9-15-22(25)23(26)27-5-2/h13,18,20-21,24H,4-12,14-17H2,1-3H3/t18?,20-,21+/m1/s1. The Labute approximate surface area is 165 Å². The minimum atomic E-state index is -0.706. The number of carbonyl (C=O) groups excluding carboxylic acids is 2. The lowest BCUT2D eigenvalue weighted by Crippen LogP contribution is -2.17. The average Bonchev–Trinajstić information content (AvgIpc) is 2.99. The summed E-state index contributed by atoms with van der Waals surface area (Å²) in [4.78, 5) is 22.9. The molecule has 1 unspecified atom stereocenters. The molecule has 1 aliphatic carbocycles. The van der Waals surface area contributed by atoms with Crippen LogP contribution in [0.5, 0.6) is 0 Å². The highest BCUT2D eigenvalue weighted by molar-refractivity contribution is 6.33. The van der Waals surface area contributed by atoms with Gasteiger partial charge in [-0.15, -0.1) is 0 Å². The zero-order valence-electron chi connectivity index (χ0n) is 17.7. The van der Waals surface area contributed by atoms with Crippen molar-refractivity contribution in [1.82, 2.24) is 0 Å². The fraction of sp³-hybridized carbons (Fsp3) is 0.826. The van der Waals surface area contributed by atoms with Gasteiger partial charge in [0.05, 0.1) is 12.7 Å². The second kappa shape index (κ2) is 13.9. The minimum absolute atomic E-state index is 0.213. The molecule has 0 spiro atoms. The van der Waals surface area contributed by atoms with Gasteiger partial charge in [0, 0.05) is 12.3 Å². The van der Waals surface area contributed by atoms with Crippen molar-refractivity contribution in [3.63, 3.8) is 0 Å². The van der Waals surface area contributed by atoms with E-state index in [0.29, 0.717) is 6.42 Å². The summed E-state index contributed by atoms with van der Waals surface area (Å²) in [5, 5.41) is 10.3. The van der Waals surface area contributed by atoms with Crippen LogP contribution < -0.4 is 0 Å². The van der Waals surface area contributed by atoms with Gasteiger partial charge in [-0.1, -0.05) is 57.6 Å². The Balaban J connectivity index is 2.28. The van der Waals surface area contributed by atoms with Gasteiger partial charge < -0.3 is 9.84 Å². The van der Waals surface area contributed by atoms with E-state index in [0.717, 1.165) is 44.4 Å². The number of allylic oxidation sites excluding steroid dienone is 1. The zero-order chi connectivity index (χ0) is 20.1. The van der Waals surface area contributed by atoms with Crippen molar-refractivity contribution in [3.05, 3.63) is 11.6 Å². The average molecular weight is 381 g/mol. The highest BCUT2D eigenvalue weighted by atomic mass is 16.5. The predicted octanol–water partition coefficient (Wildman–Crippen LogP) is 5.37. The summed E-state index contributed by atoms with van der Waals surface area (Å²) in [5.41, 5.74) is 1.44. The van der Waals surface area contributed by atoms with Crippen LogP contribution in [-0.4, -0.2) is 29.6 Å². The third-order valence-electron chi connectivity index (χ3n) is 5.71. The number of ether oxygens (including phenoxy) is 1. The SMILES string of the molecule is CCCCC(C)CCC=C1CC[C@H](O)[C@@H]1CCCCCC(=O)C(=O)OCC. The lowest BCUT2D eigenvalue weighted by atomic mass is 9.92. The molecule has 0 amide bonds. The summed E-state index contributed by atoms with van der Waals surface area (Å²) in [6.07, 6.45) is 14.2. The third-order valence-corrected chi connectivity index (χ3v) is 5.71. The van der Waals surface area contributed by atoms with Gasteiger partial charge in [0.1, 0.15) is 0 Å². The molecule has 1 rings (SSSR count). The monoisotopic (exact) mass is 380 g/mol. The number of hydrogen-bond acceptors (Lipinski definition) is 4. The van der Waals surface area contributed by atoms with Crippen molar-refractivity contribution in [2.24, 2.45) is 11.8 Å². The molecule has 0 bridgehead atoms. The summed E-state index contributed by atoms with van der Waals surface area (Å²) < 4.78 is 4.72. The first kappa shape index (κ1) is 23.9. The van der Waals surface area contributed by atoms with Gasteiger partial charge in [0.2, 0.25) is 5.78 Å². The Morgan fingerprint density at radius 2 is 1.96 bits per heavy atom. The third kappa shape index (κ3) is 9.55. The maximum absolute atomic E-state index is 11.6. The van der Waals surface area contributed by atoms with Crippen LogP contribution in [-0.2, 0) is 14.3 Å². The summed E-state index contributed by atoms with van der Waals surface area (Å²) in [6, 6.07) is 0. The van der Waals surface area contributed by atoms with Crippen molar-refractivity contribution in [3.8, 4) is 0 Å². The van der Waals surface area contributed by atoms with Crippen molar-refractivity contribution < 1.29 is 19.4 Å². The molecule has 0 aliphatic heterocycles. The smallest absolute Gasteiger partial charge is 0.374 e. The Hall–Kier alpha value is -1.16.